The summed E-state index contributed by atoms with van der Waals surface area (Å²) in [6.45, 7) is 3.36. The number of alkyl halides is 2. The van der Waals surface area contributed by atoms with Crippen molar-refractivity contribution in [1.82, 2.24) is 0 Å². The number of carbonyl (C=O) groups is 1. The third kappa shape index (κ3) is 3.76. The highest BCUT2D eigenvalue weighted by Crippen LogP contribution is 2.39. The highest BCUT2D eigenvalue weighted by molar-refractivity contribution is 5.90. The average Bonchev–Trinajstić information content (AvgIpc) is 2.54. The van der Waals surface area contributed by atoms with E-state index in [1.165, 1.54) is 6.92 Å². The third-order valence-corrected chi connectivity index (χ3v) is 3.48. The van der Waals surface area contributed by atoms with E-state index >= 15 is 0 Å². The molecular formula is C17H20ClF2NO3. The molecule has 2 aromatic rings. The first-order valence-corrected chi connectivity index (χ1v) is 7.38. The minimum atomic E-state index is -3.86. The molecule has 0 radical (unpaired) electrons. The van der Waals surface area contributed by atoms with Crippen LogP contribution in [0.25, 0.3) is 10.8 Å². The van der Waals surface area contributed by atoms with Gasteiger partial charge in [-0.2, -0.15) is 8.78 Å². The number of rotatable bonds is 6. The molecular weight excluding hydrogens is 340 g/mol. The van der Waals surface area contributed by atoms with E-state index in [9.17, 15) is 13.6 Å². The van der Waals surface area contributed by atoms with Crippen LogP contribution in [-0.4, -0.2) is 25.1 Å². The summed E-state index contributed by atoms with van der Waals surface area (Å²) in [4.78, 5) is 11.6. The van der Waals surface area contributed by atoms with Crippen molar-refractivity contribution in [2.75, 3.05) is 13.2 Å². The van der Waals surface area contributed by atoms with Crippen LogP contribution in [0.15, 0.2) is 36.4 Å². The number of ether oxygens (including phenoxy) is 2. The summed E-state index contributed by atoms with van der Waals surface area (Å²) in [5, 5.41) is 1.26. The molecule has 1 atom stereocenters. The Balaban J connectivity index is 0.00000288. The van der Waals surface area contributed by atoms with Crippen LogP contribution in [0.4, 0.5) is 8.78 Å². The molecule has 7 heteroatoms. The molecule has 2 rings (SSSR count). The number of hydrogen-bond acceptors (Lipinski definition) is 4. The maximum Gasteiger partial charge on any atom is 0.379 e. The Morgan fingerprint density at radius 3 is 2.46 bits per heavy atom. The molecule has 0 spiro atoms. The van der Waals surface area contributed by atoms with Gasteiger partial charge in [0, 0.05) is 5.56 Å². The van der Waals surface area contributed by atoms with Gasteiger partial charge in [-0.05, 0) is 30.7 Å². The standard InChI is InChI=1S/C17H19F2NO3.ClH/c1-3-22-13-10-9-11-7-5-6-8-12(11)14(13)15(20)17(18,19)16(21)23-4-2;/h5-10,15H,3-4,20H2,1-2H3;1H/t15-;/m0./s1. The summed E-state index contributed by atoms with van der Waals surface area (Å²) in [6, 6.07) is 8.45. The van der Waals surface area contributed by atoms with E-state index in [1.54, 1.807) is 43.3 Å². The number of hydrogen-bond donors (Lipinski definition) is 1. The Kier molecular flexibility index (Phi) is 6.93. The van der Waals surface area contributed by atoms with Gasteiger partial charge in [-0.15, -0.1) is 12.4 Å². The second kappa shape index (κ2) is 8.26. The van der Waals surface area contributed by atoms with Crippen molar-refractivity contribution in [3.05, 3.63) is 42.0 Å². The zero-order chi connectivity index (χ0) is 17.0. The quantitative estimate of drug-likeness (QED) is 0.795. The van der Waals surface area contributed by atoms with Crippen LogP contribution in [-0.2, 0) is 9.53 Å². The van der Waals surface area contributed by atoms with E-state index in [4.69, 9.17) is 10.5 Å². The summed E-state index contributed by atoms with van der Waals surface area (Å²) in [6.07, 6.45) is 0. The molecule has 4 nitrogen and oxygen atoms in total. The molecule has 0 saturated heterocycles. The van der Waals surface area contributed by atoms with E-state index in [2.05, 4.69) is 4.74 Å². The fourth-order valence-electron chi connectivity index (χ4n) is 2.41. The van der Waals surface area contributed by atoms with Crippen molar-refractivity contribution in [2.45, 2.75) is 25.8 Å². The summed E-state index contributed by atoms with van der Waals surface area (Å²) >= 11 is 0. The SMILES string of the molecule is CCOC(=O)C(F)(F)[C@@H](N)c1c(OCC)ccc2ccccc12.Cl. The van der Waals surface area contributed by atoms with E-state index in [0.717, 1.165) is 5.39 Å². The van der Waals surface area contributed by atoms with E-state index in [0.29, 0.717) is 12.0 Å². The number of carbonyl (C=O) groups excluding carboxylic acids is 1. The Morgan fingerprint density at radius 2 is 1.83 bits per heavy atom. The molecule has 24 heavy (non-hydrogen) atoms. The lowest BCUT2D eigenvalue weighted by Crippen LogP contribution is -2.42. The van der Waals surface area contributed by atoms with Crippen molar-refractivity contribution >= 4 is 29.1 Å². The van der Waals surface area contributed by atoms with Crippen LogP contribution in [0.2, 0.25) is 0 Å². The number of halogens is 3. The topological polar surface area (TPSA) is 61.5 Å². The number of benzene rings is 2. The minimum Gasteiger partial charge on any atom is -0.494 e. The van der Waals surface area contributed by atoms with Crippen molar-refractivity contribution in [3.63, 3.8) is 0 Å². The maximum atomic E-state index is 14.4. The van der Waals surface area contributed by atoms with Crippen molar-refractivity contribution < 1.29 is 23.0 Å². The normalized spacial score (nSPS) is 12.4. The maximum absolute atomic E-state index is 14.4. The molecule has 0 unspecified atom stereocenters. The Labute approximate surface area is 145 Å². The molecule has 0 heterocycles. The Bertz CT molecular complexity index is 709. The van der Waals surface area contributed by atoms with Crippen LogP contribution in [0.1, 0.15) is 25.5 Å². The first-order valence-electron chi connectivity index (χ1n) is 7.38. The number of esters is 1. The molecule has 0 aliphatic carbocycles. The Hall–Kier alpha value is -1.92. The first kappa shape index (κ1) is 20.1. The molecule has 0 aliphatic rings. The van der Waals surface area contributed by atoms with Crippen LogP contribution in [0, 0.1) is 0 Å². The molecule has 0 amide bonds. The van der Waals surface area contributed by atoms with Crippen molar-refractivity contribution in [2.24, 2.45) is 5.73 Å². The predicted molar refractivity (Wildman–Crippen MR) is 90.9 cm³/mol. The van der Waals surface area contributed by atoms with E-state index < -0.39 is 17.9 Å². The molecule has 0 aromatic heterocycles. The lowest BCUT2D eigenvalue weighted by atomic mass is 9.94. The van der Waals surface area contributed by atoms with E-state index in [1.807, 2.05) is 0 Å². The largest absolute Gasteiger partial charge is 0.494 e. The van der Waals surface area contributed by atoms with Gasteiger partial charge in [0.2, 0.25) is 0 Å². The van der Waals surface area contributed by atoms with Gasteiger partial charge < -0.3 is 15.2 Å². The summed E-state index contributed by atoms with van der Waals surface area (Å²) in [7, 11) is 0. The van der Waals surface area contributed by atoms with Gasteiger partial charge in [-0.25, -0.2) is 4.79 Å². The molecule has 132 valence electrons. The van der Waals surface area contributed by atoms with Crippen LogP contribution < -0.4 is 10.5 Å². The van der Waals surface area contributed by atoms with Gasteiger partial charge in [0.1, 0.15) is 11.8 Å². The summed E-state index contributed by atoms with van der Waals surface area (Å²) in [5.41, 5.74) is 5.87. The lowest BCUT2D eigenvalue weighted by molar-refractivity contribution is -0.174. The highest BCUT2D eigenvalue weighted by Gasteiger charge is 2.49. The molecule has 0 bridgehead atoms. The zero-order valence-corrected chi connectivity index (χ0v) is 14.2. The fourth-order valence-corrected chi connectivity index (χ4v) is 2.41. The first-order chi connectivity index (χ1) is 10.9. The molecule has 2 N–H and O–H groups in total. The van der Waals surface area contributed by atoms with Crippen LogP contribution >= 0.6 is 12.4 Å². The van der Waals surface area contributed by atoms with Gasteiger partial charge in [0.25, 0.3) is 0 Å². The molecule has 2 aromatic carbocycles. The van der Waals surface area contributed by atoms with Crippen molar-refractivity contribution in [3.8, 4) is 5.75 Å². The second-order valence-electron chi connectivity index (χ2n) is 4.95. The number of fused-ring (bicyclic) bond motifs is 1. The zero-order valence-electron chi connectivity index (χ0n) is 13.4. The number of nitrogens with two attached hydrogens (primary N) is 1. The predicted octanol–water partition coefficient (Wildman–Crippen LogP) is 3.86. The van der Waals surface area contributed by atoms with Gasteiger partial charge in [-0.3, -0.25) is 0 Å². The molecule has 0 saturated carbocycles. The van der Waals surface area contributed by atoms with Crippen LogP contribution in [0.3, 0.4) is 0 Å². The second-order valence-corrected chi connectivity index (χ2v) is 4.95. The summed E-state index contributed by atoms with van der Waals surface area (Å²) < 4.78 is 38.6. The van der Waals surface area contributed by atoms with Gasteiger partial charge in [0.15, 0.2) is 0 Å². The Morgan fingerprint density at radius 1 is 1.17 bits per heavy atom. The molecule has 0 aliphatic heterocycles. The average molecular weight is 360 g/mol. The fraction of sp³-hybridized carbons (Fsp3) is 0.353. The van der Waals surface area contributed by atoms with Crippen LogP contribution in [0.5, 0.6) is 5.75 Å². The monoisotopic (exact) mass is 359 g/mol. The van der Waals surface area contributed by atoms with Gasteiger partial charge in [0.05, 0.1) is 13.2 Å². The minimum absolute atomic E-state index is 0. The smallest absolute Gasteiger partial charge is 0.379 e. The molecule has 0 fully saturated rings. The summed E-state index contributed by atoms with van der Waals surface area (Å²) in [5.74, 6) is -5.25. The van der Waals surface area contributed by atoms with Gasteiger partial charge in [-0.1, -0.05) is 30.3 Å². The van der Waals surface area contributed by atoms with Crippen molar-refractivity contribution in [1.29, 1.82) is 0 Å². The highest BCUT2D eigenvalue weighted by atomic mass is 35.5. The van der Waals surface area contributed by atoms with E-state index in [-0.39, 0.29) is 30.3 Å². The van der Waals surface area contributed by atoms with Gasteiger partial charge >= 0.3 is 11.9 Å². The third-order valence-electron chi connectivity index (χ3n) is 3.48. The lowest BCUT2D eigenvalue weighted by Gasteiger charge is -2.25.